The van der Waals surface area contributed by atoms with E-state index in [4.69, 9.17) is 14.7 Å². The molecule has 0 aliphatic rings. The SMILES string of the molecule is CCOc1cc(/C=N/NC(=O)C(=O)Nc2ccc(C#N)cc2)ccc1OCc1ccc(F)cc1. The summed E-state index contributed by atoms with van der Waals surface area (Å²) in [6.07, 6.45) is 1.36. The molecule has 34 heavy (non-hydrogen) atoms. The molecule has 0 aliphatic carbocycles. The van der Waals surface area contributed by atoms with Gasteiger partial charge in [-0.15, -0.1) is 0 Å². The van der Waals surface area contributed by atoms with E-state index in [9.17, 15) is 14.0 Å². The second kappa shape index (κ2) is 11.8. The lowest BCUT2D eigenvalue weighted by Gasteiger charge is -2.12. The molecule has 0 aromatic heterocycles. The van der Waals surface area contributed by atoms with E-state index in [-0.39, 0.29) is 12.4 Å². The van der Waals surface area contributed by atoms with Gasteiger partial charge in [0.1, 0.15) is 12.4 Å². The summed E-state index contributed by atoms with van der Waals surface area (Å²) < 4.78 is 24.4. The third-order valence-corrected chi connectivity index (χ3v) is 4.43. The average Bonchev–Trinajstić information content (AvgIpc) is 2.85. The summed E-state index contributed by atoms with van der Waals surface area (Å²) in [6, 6.07) is 19.1. The molecule has 0 heterocycles. The smallest absolute Gasteiger partial charge is 0.329 e. The Balaban J connectivity index is 1.58. The number of hydrogen-bond acceptors (Lipinski definition) is 6. The largest absolute Gasteiger partial charge is 0.490 e. The minimum absolute atomic E-state index is 0.234. The summed E-state index contributed by atoms with van der Waals surface area (Å²) in [4.78, 5) is 23.9. The van der Waals surface area contributed by atoms with Gasteiger partial charge in [0.2, 0.25) is 0 Å². The van der Waals surface area contributed by atoms with E-state index >= 15 is 0 Å². The molecule has 0 saturated heterocycles. The fourth-order valence-corrected chi connectivity index (χ4v) is 2.77. The van der Waals surface area contributed by atoms with E-state index in [0.717, 1.165) is 5.56 Å². The summed E-state index contributed by atoms with van der Waals surface area (Å²) in [5.74, 6) is -1.21. The minimum atomic E-state index is -0.954. The Bertz CT molecular complexity index is 1220. The Labute approximate surface area is 195 Å². The van der Waals surface area contributed by atoms with Crippen LogP contribution in [-0.2, 0) is 16.2 Å². The van der Waals surface area contributed by atoms with Crippen LogP contribution >= 0.6 is 0 Å². The number of hydrogen-bond donors (Lipinski definition) is 2. The number of nitrogens with one attached hydrogen (secondary N) is 2. The Kier molecular flexibility index (Phi) is 8.30. The lowest BCUT2D eigenvalue weighted by molar-refractivity contribution is -0.136. The number of amides is 2. The third kappa shape index (κ3) is 6.90. The van der Waals surface area contributed by atoms with Crippen molar-refractivity contribution in [3.8, 4) is 17.6 Å². The molecular weight excluding hydrogens is 439 g/mol. The monoisotopic (exact) mass is 460 g/mol. The molecule has 0 saturated carbocycles. The molecule has 2 amide bonds. The van der Waals surface area contributed by atoms with Crippen LogP contribution < -0.4 is 20.2 Å². The number of ether oxygens (including phenoxy) is 2. The normalized spacial score (nSPS) is 10.4. The van der Waals surface area contributed by atoms with Gasteiger partial charge < -0.3 is 14.8 Å². The molecule has 2 N–H and O–H groups in total. The standard InChI is InChI=1S/C25H21FN4O4/c1-2-33-23-13-19(7-12-22(23)34-16-18-3-8-20(26)9-4-18)15-28-30-25(32)24(31)29-21-10-5-17(14-27)6-11-21/h3-13,15H,2,16H2,1H3,(H,29,31)(H,30,32)/b28-15+. The van der Waals surface area contributed by atoms with Gasteiger partial charge in [0, 0.05) is 5.69 Å². The molecule has 3 rings (SSSR count). The number of nitriles is 1. The van der Waals surface area contributed by atoms with Crippen LogP contribution in [0.4, 0.5) is 10.1 Å². The number of carbonyl (C=O) groups is 2. The van der Waals surface area contributed by atoms with Crippen molar-refractivity contribution in [1.29, 1.82) is 5.26 Å². The zero-order chi connectivity index (χ0) is 24.3. The molecule has 0 fully saturated rings. The Hall–Kier alpha value is -4.71. The molecule has 0 atom stereocenters. The van der Waals surface area contributed by atoms with Gasteiger partial charge in [-0.25, -0.2) is 9.82 Å². The van der Waals surface area contributed by atoms with Crippen molar-refractivity contribution in [3.05, 3.63) is 89.2 Å². The number of benzene rings is 3. The van der Waals surface area contributed by atoms with Crippen molar-refractivity contribution in [1.82, 2.24) is 5.43 Å². The summed E-state index contributed by atoms with van der Waals surface area (Å²) in [6.45, 7) is 2.47. The van der Waals surface area contributed by atoms with E-state index in [1.54, 1.807) is 30.3 Å². The van der Waals surface area contributed by atoms with Crippen LogP contribution in [0.2, 0.25) is 0 Å². The molecule has 0 unspecified atom stereocenters. The Morgan fingerprint density at radius 1 is 1.00 bits per heavy atom. The van der Waals surface area contributed by atoms with E-state index < -0.39 is 11.8 Å². The average molecular weight is 460 g/mol. The number of hydrazone groups is 1. The van der Waals surface area contributed by atoms with Gasteiger partial charge in [0.05, 0.1) is 24.5 Å². The van der Waals surface area contributed by atoms with Crippen molar-refractivity contribution in [2.75, 3.05) is 11.9 Å². The van der Waals surface area contributed by atoms with Crippen molar-refractivity contribution in [2.45, 2.75) is 13.5 Å². The molecule has 3 aromatic carbocycles. The molecule has 3 aromatic rings. The van der Waals surface area contributed by atoms with Crippen LogP contribution in [0.1, 0.15) is 23.6 Å². The van der Waals surface area contributed by atoms with Gasteiger partial charge in [0.15, 0.2) is 11.5 Å². The Morgan fingerprint density at radius 2 is 1.74 bits per heavy atom. The lowest BCUT2D eigenvalue weighted by atomic mass is 10.2. The first-order chi connectivity index (χ1) is 16.5. The van der Waals surface area contributed by atoms with Crippen molar-refractivity contribution < 1.29 is 23.5 Å². The molecule has 0 spiro atoms. The summed E-state index contributed by atoms with van der Waals surface area (Å²) in [5.41, 5.74) is 4.37. The molecule has 0 bridgehead atoms. The minimum Gasteiger partial charge on any atom is -0.490 e. The quantitative estimate of drug-likeness (QED) is 0.302. The maximum atomic E-state index is 13.0. The lowest BCUT2D eigenvalue weighted by Crippen LogP contribution is -2.32. The number of carbonyl (C=O) groups excluding carboxylic acids is 2. The summed E-state index contributed by atoms with van der Waals surface area (Å²) in [5, 5.41) is 15.0. The van der Waals surface area contributed by atoms with Crippen LogP contribution in [0, 0.1) is 17.1 Å². The maximum absolute atomic E-state index is 13.0. The van der Waals surface area contributed by atoms with Crippen LogP contribution in [0.15, 0.2) is 71.8 Å². The van der Waals surface area contributed by atoms with Gasteiger partial charge >= 0.3 is 11.8 Å². The molecule has 8 nitrogen and oxygen atoms in total. The zero-order valence-corrected chi connectivity index (χ0v) is 18.2. The van der Waals surface area contributed by atoms with Gasteiger partial charge in [-0.1, -0.05) is 12.1 Å². The van der Waals surface area contributed by atoms with Crippen molar-refractivity contribution >= 4 is 23.7 Å². The first kappa shape index (κ1) is 23.9. The number of halogens is 1. The maximum Gasteiger partial charge on any atom is 0.329 e. The highest BCUT2D eigenvalue weighted by atomic mass is 19.1. The topological polar surface area (TPSA) is 113 Å². The van der Waals surface area contributed by atoms with E-state index in [0.29, 0.717) is 34.9 Å². The summed E-state index contributed by atoms with van der Waals surface area (Å²) in [7, 11) is 0. The predicted molar refractivity (Wildman–Crippen MR) is 124 cm³/mol. The zero-order valence-electron chi connectivity index (χ0n) is 18.2. The molecule has 0 radical (unpaired) electrons. The second-order valence-electron chi connectivity index (χ2n) is 6.90. The first-order valence-electron chi connectivity index (χ1n) is 10.3. The third-order valence-electron chi connectivity index (χ3n) is 4.43. The molecule has 0 aliphatic heterocycles. The number of anilines is 1. The van der Waals surface area contributed by atoms with Crippen LogP contribution in [-0.4, -0.2) is 24.6 Å². The van der Waals surface area contributed by atoms with Crippen molar-refractivity contribution in [2.24, 2.45) is 5.10 Å². The number of rotatable bonds is 8. The Morgan fingerprint density at radius 3 is 2.41 bits per heavy atom. The van der Waals surface area contributed by atoms with Gasteiger partial charge in [0.25, 0.3) is 0 Å². The van der Waals surface area contributed by atoms with E-state index in [2.05, 4.69) is 15.8 Å². The fourth-order valence-electron chi connectivity index (χ4n) is 2.77. The second-order valence-corrected chi connectivity index (χ2v) is 6.90. The van der Waals surface area contributed by atoms with Crippen LogP contribution in [0.25, 0.3) is 0 Å². The molecular formula is C25H21FN4O4. The van der Waals surface area contributed by atoms with Crippen LogP contribution in [0.3, 0.4) is 0 Å². The van der Waals surface area contributed by atoms with Gasteiger partial charge in [-0.05, 0) is 72.6 Å². The van der Waals surface area contributed by atoms with Gasteiger partial charge in [-0.2, -0.15) is 10.4 Å². The molecule has 9 heteroatoms. The predicted octanol–water partition coefficient (Wildman–Crippen LogP) is 3.76. The van der Waals surface area contributed by atoms with E-state index in [1.807, 2.05) is 13.0 Å². The van der Waals surface area contributed by atoms with E-state index in [1.165, 1.54) is 42.6 Å². The first-order valence-corrected chi connectivity index (χ1v) is 10.3. The van der Waals surface area contributed by atoms with Crippen molar-refractivity contribution in [3.63, 3.8) is 0 Å². The fraction of sp³-hybridized carbons (Fsp3) is 0.120. The summed E-state index contributed by atoms with van der Waals surface area (Å²) >= 11 is 0. The highest BCUT2D eigenvalue weighted by Gasteiger charge is 2.13. The molecule has 172 valence electrons. The van der Waals surface area contributed by atoms with Crippen LogP contribution in [0.5, 0.6) is 11.5 Å². The highest BCUT2D eigenvalue weighted by molar-refractivity contribution is 6.39. The van der Waals surface area contributed by atoms with Gasteiger partial charge in [-0.3, -0.25) is 9.59 Å². The number of nitrogens with zero attached hydrogens (tertiary/aromatic N) is 2. The highest BCUT2D eigenvalue weighted by Crippen LogP contribution is 2.29.